The Balaban J connectivity index is 1.83. The summed E-state index contributed by atoms with van der Waals surface area (Å²) in [6.07, 6.45) is 1.24. The molecule has 1 aliphatic heterocycles. The first kappa shape index (κ1) is 15.4. The second kappa shape index (κ2) is 6.67. The molecule has 1 atom stereocenters. The molecule has 6 nitrogen and oxygen atoms in total. The first-order valence-corrected chi connectivity index (χ1v) is 7.22. The average Bonchev–Trinajstić information content (AvgIpc) is 2.87. The van der Waals surface area contributed by atoms with Gasteiger partial charge in [0.25, 0.3) is 5.69 Å². The van der Waals surface area contributed by atoms with Gasteiger partial charge in [-0.25, -0.2) is 0 Å². The zero-order valence-corrected chi connectivity index (χ0v) is 12.4. The molecular formula is C15H21N3O3. The van der Waals surface area contributed by atoms with Crippen molar-refractivity contribution in [3.63, 3.8) is 0 Å². The molecule has 1 heterocycles. The average molecular weight is 291 g/mol. The van der Waals surface area contributed by atoms with Gasteiger partial charge in [-0.1, -0.05) is 12.1 Å². The number of nitro benzene ring substituents is 1. The van der Waals surface area contributed by atoms with Crippen LogP contribution in [0.3, 0.4) is 0 Å². The lowest BCUT2D eigenvalue weighted by Crippen LogP contribution is -2.39. The monoisotopic (exact) mass is 291 g/mol. The molecule has 1 amide bonds. The number of amides is 1. The highest BCUT2D eigenvalue weighted by Gasteiger charge is 2.25. The molecule has 0 spiro atoms. The van der Waals surface area contributed by atoms with Crippen LogP contribution in [0.2, 0.25) is 0 Å². The highest BCUT2D eigenvalue weighted by molar-refractivity contribution is 5.79. The molecule has 0 bridgehead atoms. The number of nitro groups is 1. The number of rotatable bonds is 5. The number of non-ortho nitro benzene ring substituents is 1. The zero-order chi connectivity index (χ0) is 15.4. The van der Waals surface area contributed by atoms with Gasteiger partial charge in [-0.05, 0) is 25.8 Å². The van der Waals surface area contributed by atoms with E-state index in [1.54, 1.807) is 12.1 Å². The highest BCUT2D eigenvalue weighted by Crippen LogP contribution is 2.14. The minimum Gasteiger partial charge on any atom is -0.352 e. The predicted octanol–water partition coefficient (Wildman–Crippen LogP) is 1.74. The van der Waals surface area contributed by atoms with E-state index < -0.39 is 4.92 Å². The van der Waals surface area contributed by atoms with E-state index >= 15 is 0 Å². The van der Waals surface area contributed by atoms with Crippen molar-refractivity contribution >= 4 is 11.6 Å². The lowest BCUT2D eigenvalue weighted by atomic mass is 10.1. The van der Waals surface area contributed by atoms with Gasteiger partial charge in [0.05, 0.1) is 11.3 Å². The first-order valence-electron chi connectivity index (χ1n) is 7.22. The summed E-state index contributed by atoms with van der Waals surface area (Å²) in [7, 11) is 0. The second-order valence-electron chi connectivity index (χ2n) is 5.74. The number of nitrogens with one attached hydrogen (secondary N) is 1. The van der Waals surface area contributed by atoms with Crippen LogP contribution in [-0.2, 0) is 11.2 Å². The summed E-state index contributed by atoms with van der Waals surface area (Å²) >= 11 is 0. The summed E-state index contributed by atoms with van der Waals surface area (Å²) in [5.41, 5.74) is 0.833. The normalized spacial score (nSPS) is 18.9. The Morgan fingerprint density at radius 1 is 1.43 bits per heavy atom. The second-order valence-corrected chi connectivity index (χ2v) is 5.74. The molecule has 0 aliphatic carbocycles. The van der Waals surface area contributed by atoms with E-state index in [9.17, 15) is 14.9 Å². The van der Waals surface area contributed by atoms with Crippen LogP contribution >= 0.6 is 0 Å². The van der Waals surface area contributed by atoms with Crippen molar-refractivity contribution < 1.29 is 9.72 Å². The van der Waals surface area contributed by atoms with Gasteiger partial charge in [0.2, 0.25) is 5.91 Å². The smallest absolute Gasteiger partial charge is 0.269 e. The van der Waals surface area contributed by atoms with Crippen molar-refractivity contribution in [2.45, 2.75) is 38.8 Å². The van der Waals surface area contributed by atoms with Gasteiger partial charge in [0.1, 0.15) is 0 Å². The molecule has 0 unspecified atom stereocenters. The van der Waals surface area contributed by atoms with Crippen LogP contribution in [0.25, 0.3) is 0 Å². The summed E-state index contributed by atoms with van der Waals surface area (Å²) in [4.78, 5) is 24.5. The number of carbonyl (C=O) groups is 1. The van der Waals surface area contributed by atoms with Crippen molar-refractivity contribution in [1.29, 1.82) is 0 Å². The SMILES string of the molecule is CC(C)N1CC[C@@H](NC(=O)Cc2ccc([N+](=O)[O-])cc2)C1. The lowest BCUT2D eigenvalue weighted by molar-refractivity contribution is -0.384. The van der Waals surface area contributed by atoms with Gasteiger partial charge in [-0.15, -0.1) is 0 Å². The Labute approximate surface area is 124 Å². The van der Waals surface area contributed by atoms with Crippen LogP contribution in [0.1, 0.15) is 25.8 Å². The Hall–Kier alpha value is -1.95. The third-order valence-corrected chi connectivity index (χ3v) is 3.83. The van der Waals surface area contributed by atoms with Crippen LogP contribution in [0.4, 0.5) is 5.69 Å². The number of hydrogen-bond acceptors (Lipinski definition) is 4. The Bertz CT molecular complexity index is 513. The molecule has 6 heteroatoms. The molecule has 1 aromatic carbocycles. The van der Waals surface area contributed by atoms with Gasteiger partial charge in [-0.2, -0.15) is 0 Å². The predicted molar refractivity (Wildman–Crippen MR) is 80.1 cm³/mol. The van der Waals surface area contributed by atoms with Crippen LogP contribution < -0.4 is 5.32 Å². The van der Waals surface area contributed by atoms with Gasteiger partial charge < -0.3 is 5.32 Å². The molecule has 114 valence electrons. The molecule has 0 radical (unpaired) electrons. The fourth-order valence-electron chi connectivity index (χ4n) is 2.57. The Morgan fingerprint density at radius 2 is 2.10 bits per heavy atom. The largest absolute Gasteiger partial charge is 0.352 e. The van der Waals surface area contributed by atoms with E-state index in [1.165, 1.54) is 12.1 Å². The minimum absolute atomic E-state index is 0.0283. The summed E-state index contributed by atoms with van der Waals surface area (Å²) in [5, 5.41) is 13.6. The summed E-state index contributed by atoms with van der Waals surface area (Å²) in [6.45, 7) is 6.21. The highest BCUT2D eigenvalue weighted by atomic mass is 16.6. The van der Waals surface area contributed by atoms with Gasteiger partial charge in [0.15, 0.2) is 0 Å². The molecule has 0 aromatic heterocycles. The number of likely N-dealkylation sites (tertiary alicyclic amines) is 1. The molecule has 1 aromatic rings. The molecule has 1 aliphatic rings. The molecule has 1 N–H and O–H groups in total. The number of nitrogens with zero attached hydrogens (tertiary/aromatic N) is 2. The van der Waals surface area contributed by atoms with Gasteiger partial charge in [-0.3, -0.25) is 19.8 Å². The van der Waals surface area contributed by atoms with Crippen LogP contribution in [0.5, 0.6) is 0 Å². The summed E-state index contributed by atoms with van der Waals surface area (Å²) in [5.74, 6) is -0.0283. The minimum atomic E-state index is -0.442. The van der Waals surface area contributed by atoms with E-state index in [1.807, 2.05) is 0 Å². The maximum Gasteiger partial charge on any atom is 0.269 e. The van der Waals surface area contributed by atoms with Crippen LogP contribution in [0, 0.1) is 10.1 Å². The van der Waals surface area contributed by atoms with Crippen LogP contribution in [0.15, 0.2) is 24.3 Å². The number of hydrogen-bond donors (Lipinski definition) is 1. The maximum absolute atomic E-state index is 12.0. The van der Waals surface area contributed by atoms with Crippen molar-refractivity contribution in [2.24, 2.45) is 0 Å². The molecule has 1 fully saturated rings. The van der Waals surface area contributed by atoms with E-state index in [-0.39, 0.29) is 24.1 Å². The third kappa shape index (κ3) is 4.26. The van der Waals surface area contributed by atoms with Crippen LogP contribution in [-0.4, -0.2) is 40.9 Å². The topological polar surface area (TPSA) is 75.5 Å². The van der Waals surface area contributed by atoms with E-state index in [4.69, 9.17) is 0 Å². The van der Waals surface area contributed by atoms with Crippen molar-refractivity contribution in [3.05, 3.63) is 39.9 Å². The van der Waals surface area contributed by atoms with E-state index in [0.717, 1.165) is 25.1 Å². The number of carbonyl (C=O) groups excluding carboxylic acids is 1. The first-order chi connectivity index (χ1) is 9.95. The van der Waals surface area contributed by atoms with E-state index in [2.05, 4.69) is 24.1 Å². The fourth-order valence-corrected chi connectivity index (χ4v) is 2.57. The van der Waals surface area contributed by atoms with Crippen molar-refractivity contribution in [3.8, 4) is 0 Å². The van der Waals surface area contributed by atoms with Crippen molar-refractivity contribution in [1.82, 2.24) is 10.2 Å². The Morgan fingerprint density at radius 3 is 2.62 bits per heavy atom. The molecule has 1 saturated heterocycles. The zero-order valence-electron chi connectivity index (χ0n) is 12.4. The molecular weight excluding hydrogens is 270 g/mol. The van der Waals surface area contributed by atoms with Gasteiger partial charge in [0, 0.05) is 37.3 Å². The molecule has 0 saturated carbocycles. The quantitative estimate of drug-likeness (QED) is 0.662. The maximum atomic E-state index is 12.0. The Kier molecular flexibility index (Phi) is 4.90. The van der Waals surface area contributed by atoms with Crippen molar-refractivity contribution in [2.75, 3.05) is 13.1 Å². The molecule has 21 heavy (non-hydrogen) atoms. The van der Waals surface area contributed by atoms with E-state index in [0.29, 0.717) is 6.04 Å². The fraction of sp³-hybridized carbons (Fsp3) is 0.533. The number of benzene rings is 1. The third-order valence-electron chi connectivity index (χ3n) is 3.83. The lowest BCUT2D eigenvalue weighted by Gasteiger charge is -2.20. The summed E-state index contributed by atoms with van der Waals surface area (Å²) < 4.78 is 0. The summed E-state index contributed by atoms with van der Waals surface area (Å²) in [6, 6.07) is 6.83. The van der Waals surface area contributed by atoms with Gasteiger partial charge >= 0.3 is 0 Å². The molecule has 2 rings (SSSR count). The standard InChI is InChI=1S/C15H21N3O3/c1-11(2)17-8-7-13(10-17)16-15(19)9-12-3-5-14(6-4-12)18(20)21/h3-6,11,13H,7-10H2,1-2H3,(H,16,19)/t13-/m1/s1.